The molecule has 0 radical (unpaired) electrons. The predicted octanol–water partition coefficient (Wildman–Crippen LogP) is 8.24. The minimum atomic E-state index is -1.70. The number of Topliss-reactive ketones (excluding diaryl/α,β-unsaturated/α-hetero) is 1. The minimum Gasteiger partial charge on any atom is -0.507 e. The third-order valence-electron chi connectivity index (χ3n) is 22.9. The first-order valence-corrected chi connectivity index (χ1v) is 41.1. The Balaban J connectivity index is 0.777. The van der Waals surface area contributed by atoms with Crippen LogP contribution in [0.5, 0.6) is 17.2 Å². The Kier molecular flexibility index (Phi) is 27.8. The molecule has 620 valence electrons. The lowest BCUT2D eigenvalue weighted by Gasteiger charge is -2.43. The molecule has 31 nitrogen and oxygen atoms in total. The number of nitrogens with zero attached hydrogens (tertiary/aromatic N) is 4. The van der Waals surface area contributed by atoms with E-state index in [-0.39, 0.29) is 125 Å². The Bertz CT molecular complexity index is 4880. The number of aliphatic hydroxyl groups excluding tert-OH is 2. The van der Waals surface area contributed by atoms with Gasteiger partial charge in [0.15, 0.2) is 11.3 Å². The quantitative estimate of drug-likeness (QED) is 0.00296. The minimum absolute atomic E-state index is 0.00202. The molecule has 12 N–H and O–H groups in total. The molecule has 4 aromatic rings. The number of imide groups is 1. The molecule has 1 aromatic heterocycles. The second-order valence-corrected chi connectivity index (χ2v) is 33.4. The number of carbonyl (C=O) groups is 10. The second-order valence-electron chi connectivity index (χ2n) is 31.2. The van der Waals surface area contributed by atoms with Gasteiger partial charge in [0.1, 0.15) is 58.3 Å². The number of thiophene rings is 1. The van der Waals surface area contributed by atoms with Gasteiger partial charge in [0.05, 0.1) is 72.0 Å². The number of amides is 9. The molecule has 1 saturated carbocycles. The topological polar surface area (TPSA) is 436 Å². The fourth-order valence-electron chi connectivity index (χ4n) is 15.7. The average Bonchev–Trinajstić information content (AvgIpc) is 1.38. The molecule has 5 aliphatic heterocycles. The summed E-state index contributed by atoms with van der Waals surface area (Å²) in [5.74, 6) is -8.49. The largest absolute Gasteiger partial charge is 0.507 e. The van der Waals surface area contributed by atoms with Crippen LogP contribution in [0.3, 0.4) is 0 Å². The van der Waals surface area contributed by atoms with E-state index in [0.29, 0.717) is 86.1 Å². The zero-order valence-electron chi connectivity index (χ0n) is 66.2. The van der Waals surface area contributed by atoms with Gasteiger partial charge < -0.3 is 90.8 Å². The number of hydrogen-bond acceptors (Lipinski definition) is 23. The van der Waals surface area contributed by atoms with Gasteiger partial charge in [-0.15, -0.1) is 0 Å². The highest BCUT2D eigenvalue weighted by atomic mass is 127. The fraction of sp³-hybridized carbons (Fsp3) is 0.470. The van der Waals surface area contributed by atoms with Crippen LogP contribution >= 0.6 is 33.9 Å². The number of urea groups is 1. The van der Waals surface area contributed by atoms with Crippen molar-refractivity contribution in [2.45, 2.75) is 171 Å². The van der Waals surface area contributed by atoms with E-state index in [2.05, 4.69) is 50.9 Å². The molecular weight excluding hydrogens is 1630 g/mol. The molecule has 33 heteroatoms. The number of aliphatic hydroxyl groups is 2. The summed E-state index contributed by atoms with van der Waals surface area (Å²) in [4.78, 5) is 157. The summed E-state index contributed by atoms with van der Waals surface area (Å²) >= 11 is 3.43. The number of esters is 1. The molecule has 0 unspecified atom stereocenters. The summed E-state index contributed by atoms with van der Waals surface area (Å²) in [5.41, 5.74) is 4.62. The molecule has 11 atom stereocenters. The molecule has 9 amide bonds. The lowest BCUT2D eigenvalue weighted by atomic mass is 9.67. The van der Waals surface area contributed by atoms with Crippen molar-refractivity contribution in [2.24, 2.45) is 28.9 Å². The number of methoxy groups -OCH3 is 1. The van der Waals surface area contributed by atoms with Crippen molar-refractivity contribution in [1.82, 2.24) is 31.2 Å². The molecule has 11 rings (SSSR count). The van der Waals surface area contributed by atoms with Gasteiger partial charge in [0.2, 0.25) is 34.8 Å². The van der Waals surface area contributed by atoms with Crippen molar-refractivity contribution in [3.05, 3.63) is 134 Å². The normalized spacial score (nSPS) is 23.5. The van der Waals surface area contributed by atoms with Crippen LogP contribution in [0.15, 0.2) is 111 Å². The molecule has 6 heterocycles. The van der Waals surface area contributed by atoms with Gasteiger partial charge in [-0.25, -0.2) is 9.78 Å². The van der Waals surface area contributed by atoms with Gasteiger partial charge in [0.25, 0.3) is 17.7 Å². The summed E-state index contributed by atoms with van der Waals surface area (Å²) in [6, 6.07) is 9.78. The van der Waals surface area contributed by atoms with E-state index < -0.39 is 134 Å². The smallest absolute Gasteiger partial charge is 0.312 e. The first-order valence-electron chi connectivity index (χ1n) is 38.9. The SMILES string of the molecule is CO[C@H]1/C=C/O[C@H]2Oc3c(C)c(O)c4c(=O)c(c5oc6cc(N7CCC([N+](C)(C)Cc8ccc(NC(=O)[C@H](CCCNC(N)=O)NC(=O)C9(C(=O)N[C@H](CC(=O)NCCCCCN%10C(=O)C=CC%10=O)c%10ccsc%10)CCC9)cc8)CC7)cc(O)c6nc-5c4c3C2=O)NC(=O)/C(C)=C\C=C\[C@H](C)[C@H](O)[C@@H](C)[C@@H](O)[C@@H](C)[C@H](OC(C)=O)[C@@H]1I. The molecule has 1 saturated heterocycles. The number of aromatic nitrogens is 1. The summed E-state index contributed by atoms with van der Waals surface area (Å²) in [5, 5.41) is 67.3. The number of phenols is 2. The zero-order chi connectivity index (χ0) is 83.8. The van der Waals surface area contributed by atoms with Gasteiger partial charge in [-0.3, -0.25) is 52.8 Å². The summed E-state index contributed by atoms with van der Waals surface area (Å²) in [7, 11) is 5.67. The molecule has 2 fully saturated rings. The monoisotopic (exact) mass is 1730 g/mol. The van der Waals surface area contributed by atoms with Crippen LogP contribution in [0.1, 0.15) is 138 Å². The van der Waals surface area contributed by atoms with E-state index in [1.54, 1.807) is 57.2 Å². The maximum atomic E-state index is 15.2. The highest BCUT2D eigenvalue weighted by molar-refractivity contribution is 14.1. The van der Waals surface area contributed by atoms with Gasteiger partial charge in [-0.05, 0) is 99.4 Å². The fourth-order valence-corrected chi connectivity index (χ4v) is 17.8. The van der Waals surface area contributed by atoms with Gasteiger partial charge in [-0.1, -0.05) is 80.1 Å². The van der Waals surface area contributed by atoms with Crippen molar-refractivity contribution >= 4 is 132 Å². The number of primary amides is 1. The highest BCUT2D eigenvalue weighted by Crippen LogP contribution is 2.50. The molecule has 3 aromatic carbocycles. The number of unbranched alkanes of at least 4 members (excludes halogenated alkanes) is 2. The average molecular weight is 1730 g/mol. The van der Waals surface area contributed by atoms with Gasteiger partial charge in [0, 0.05) is 135 Å². The first-order chi connectivity index (χ1) is 55.2. The number of benzene rings is 4. The van der Waals surface area contributed by atoms with E-state index in [1.807, 2.05) is 45.5 Å². The predicted molar refractivity (Wildman–Crippen MR) is 440 cm³/mol. The van der Waals surface area contributed by atoms with E-state index in [0.717, 1.165) is 5.56 Å². The summed E-state index contributed by atoms with van der Waals surface area (Å²) < 4.78 is 30.2. The number of quaternary nitrogens is 1. The number of carbonyl (C=O) groups excluding carboxylic acids is 10. The van der Waals surface area contributed by atoms with Crippen molar-refractivity contribution in [2.75, 3.05) is 69.5 Å². The van der Waals surface area contributed by atoms with E-state index in [1.165, 1.54) is 80.8 Å². The lowest BCUT2D eigenvalue weighted by Crippen LogP contribution is -2.59. The number of aromatic hydroxyl groups is 2. The number of halogens is 1. The number of phenolic OH excluding ortho intramolecular Hbond substituents is 2. The number of ether oxygens (including phenoxy) is 4. The Hall–Kier alpha value is -10.3. The van der Waals surface area contributed by atoms with Crippen LogP contribution in [0.2, 0.25) is 0 Å². The molecule has 0 spiro atoms. The van der Waals surface area contributed by atoms with Crippen LogP contribution in [0.4, 0.5) is 21.9 Å². The standard InChI is InChI=1S/C83H100IN11O20S/c1-43-16-13-17-44(2)77(106)92-68-72(104)63-62(64-73(105)79(115-74(64)47(5)71(63)103)112-36-27-57(111-9)65(84)75(113-48(6)96)46(4)70(102)45(3)69(43)101)67-76(68)114-58-39-52(38-56(97)66(58)91-67)93-34-25-53(26-35-93)95(7,8)41-49-19-21-51(22-20-49)88-78(107)54(18-14-32-87-82(85)110)89-80(108)83(29-15-30-83)81(109)90-55(50-28-37-116-42-50)40-59(98)86-31-11-10-12-33-94-60(99)23-24-61(94)100/h13,16-17,19-24,27-28,36-39,42-43,45-46,53-55,57,65,69-70,75,79,101-102H,10-12,14-15,18,25-26,29-35,40-41H2,1-9H3,(H9-,85,86,87,88,89,90,91,92,97,98,99,100,103,104,105,106,107,108,109,110)/p+1/b16-13+,36-27+,44-17-/t43-,45+,46+,54-,55+,57-,65+,69-,70+,75-,79-/m0/s1. The number of nitrogens with two attached hydrogens (primary N) is 1. The number of alkyl halides is 1. The summed E-state index contributed by atoms with van der Waals surface area (Å²) in [6.45, 7) is 11.6. The number of nitrogens with one attached hydrogen (secondary N) is 6. The van der Waals surface area contributed by atoms with Crippen LogP contribution in [-0.4, -0.2) is 195 Å². The van der Waals surface area contributed by atoms with Crippen molar-refractivity contribution in [3.63, 3.8) is 0 Å². The third-order valence-corrected chi connectivity index (χ3v) is 25.0. The number of fused-ring (bicyclic) bond motifs is 2. The molecular formula is C83H101IN11O20S+. The number of ketones is 1. The number of allylic oxidation sites excluding steroid dienone is 2. The van der Waals surface area contributed by atoms with Crippen LogP contribution in [-0.2, 0) is 59.1 Å². The van der Waals surface area contributed by atoms with Crippen molar-refractivity contribution < 1.29 is 96.2 Å². The molecule has 4 bridgehead atoms. The summed E-state index contributed by atoms with van der Waals surface area (Å²) in [6.07, 6.45) is 8.24. The number of hydrogen-bond donors (Lipinski definition) is 11. The van der Waals surface area contributed by atoms with Crippen LogP contribution in [0, 0.1) is 30.1 Å². The Morgan fingerprint density at radius 1 is 0.871 bits per heavy atom. The highest BCUT2D eigenvalue weighted by Gasteiger charge is 2.52. The zero-order valence-corrected chi connectivity index (χ0v) is 69.1. The van der Waals surface area contributed by atoms with Crippen LogP contribution in [0.25, 0.3) is 33.3 Å². The van der Waals surface area contributed by atoms with Gasteiger partial charge >= 0.3 is 18.3 Å². The second kappa shape index (κ2) is 37.3. The Morgan fingerprint density at radius 2 is 1.57 bits per heavy atom. The maximum Gasteiger partial charge on any atom is 0.312 e. The Morgan fingerprint density at radius 3 is 2.22 bits per heavy atom. The van der Waals surface area contributed by atoms with Crippen molar-refractivity contribution in [3.8, 4) is 28.7 Å². The molecule has 7 aliphatic rings. The number of piperidine rings is 1. The van der Waals surface area contributed by atoms with E-state index in [4.69, 9.17) is 34.1 Å². The van der Waals surface area contributed by atoms with Crippen LogP contribution < -0.4 is 52.7 Å². The third kappa shape index (κ3) is 19.2. The molecule has 2 aliphatic carbocycles. The lowest BCUT2D eigenvalue weighted by molar-refractivity contribution is -0.928. The Labute approximate surface area is 687 Å². The number of rotatable bonds is 25. The molecule has 116 heavy (non-hydrogen) atoms. The van der Waals surface area contributed by atoms with E-state index >= 15 is 4.79 Å². The number of anilines is 3. The van der Waals surface area contributed by atoms with Crippen molar-refractivity contribution in [1.29, 1.82) is 0 Å². The maximum absolute atomic E-state index is 15.2. The first kappa shape index (κ1) is 86.5. The van der Waals surface area contributed by atoms with Gasteiger partial charge in [-0.2, -0.15) is 11.3 Å². The van der Waals surface area contributed by atoms with E-state index in [9.17, 15) is 68.4 Å².